The van der Waals surface area contributed by atoms with E-state index in [1.54, 1.807) is 50.2 Å². The lowest BCUT2D eigenvalue weighted by Crippen LogP contribution is -2.46. The van der Waals surface area contributed by atoms with Gasteiger partial charge in [0, 0.05) is 10.7 Å². The van der Waals surface area contributed by atoms with Crippen molar-refractivity contribution in [2.75, 3.05) is 11.3 Å². The largest absolute Gasteiger partial charge is 0.394 e. The molecule has 0 atom stereocenters. The molecule has 8 heteroatoms. The van der Waals surface area contributed by atoms with Crippen LogP contribution in [0.2, 0.25) is 5.02 Å². The maximum absolute atomic E-state index is 12.3. The van der Waals surface area contributed by atoms with Crippen LogP contribution in [-0.4, -0.2) is 31.6 Å². The summed E-state index contributed by atoms with van der Waals surface area (Å²) in [7, 11) is -3.74. The SMILES string of the molecule is CC(C)(CO)NC(=O)Cc1ccc(NS(=O)(=O)c2cccc(Cl)c2)cc1. The molecule has 0 saturated heterocycles. The fourth-order valence-corrected chi connectivity index (χ4v) is 3.54. The van der Waals surface area contributed by atoms with E-state index in [1.807, 2.05) is 0 Å². The number of halogens is 1. The van der Waals surface area contributed by atoms with Gasteiger partial charge in [-0.25, -0.2) is 8.42 Å². The minimum atomic E-state index is -3.74. The number of carbonyl (C=O) groups excluding carboxylic acids is 1. The van der Waals surface area contributed by atoms with E-state index in [-0.39, 0.29) is 23.8 Å². The van der Waals surface area contributed by atoms with Crippen LogP contribution >= 0.6 is 11.6 Å². The maximum Gasteiger partial charge on any atom is 0.261 e. The fourth-order valence-electron chi connectivity index (χ4n) is 2.19. The van der Waals surface area contributed by atoms with Crippen molar-refractivity contribution in [1.82, 2.24) is 5.32 Å². The Kier molecular flexibility index (Phi) is 6.28. The summed E-state index contributed by atoms with van der Waals surface area (Å²) >= 11 is 5.83. The Bertz CT molecular complexity index is 880. The Morgan fingerprint density at radius 3 is 2.38 bits per heavy atom. The second-order valence-corrected chi connectivity index (χ2v) is 8.65. The number of aliphatic hydroxyl groups is 1. The van der Waals surface area contributed by atoms with E-state index >= 15 is 0 Å². The van der Waals surface area contributed by atoms with E-state index in [1.165, 1.54) is 12.1 Å². The number of amides is 1. The first kappa shape index (κ1) is 20.2. The van der Waals surface area contributed by atoms with Crippen molar-refractivity contribution in [3.05, 3.63) is 59.1 Å². The molecule has 0 unspecified atom stereocenters. The standard InChI is InChI=1S/C18H21ClN2O4S/c1-18(2,12-22)20-17(23)10-13-6-8-15(9-7-13)21-26(24,25)16-5-3-4-14(19)11-16/h3-9,11,21-22H,10,12H2,1-2H3,(H,20,23). The van der Waals surface area contributed by atoms with Crippen LogP contribution in [0, 0.1) is 0 Å². The van der Waals surface area contributed by atoms with E-state index in [0.717, 1.165) is 5.56 Å². The first-order valence-corrected chi connectivity index (χ1v) is 9.77. The lowest BCUT2D eigenvalue weighted by Gasteiger charge is -2.23. The number of anilines is 1. The first-order valence-electron chi connectivity index (χ1n) is 7.90. The van der Waals surface area contributed by atoms with Crippen molar-refractivity contribution in [1.29, 1.82) is 0 Å². The Labute approximate surface area is 158 Å². The van der Waals surface area contributed by atoms with E-state index in [0.29, 0.717) is 10.7 Å². The number of hydrogen-bond acceptors (Lipinski definition) is 4. The van der Waals surface area contributed by atoms with Gasteiger partial charge in [0.25, 0.3) is 10.0 Å². The predicted octanol–water partition coefficient (Wildman–Crippen LogP) is 2.57. The molecule has 3 N–H and O–H groups in total. The number of nitrogens with one attached hydrogen (secondary N) is 2. The molecule has 0 saturated carbocycles. The van der Waals surface area contributed by atoms with Crippen LogP contribution < -0.4 is 10.0 Å². The minimum Gasteiger partial charge on any atom is -0.394 e. The van der Waals surface area contributed by atoms with Gasteiger partial charge in [0.2, 0.25) is 5.91 Å². The lowest BCUT2D eigenvalue weighted by molar-refractivity contribution is -0.122. The van der Waals surface area contributed by atoms with Crippen LogP contribution in [0.3, 0.4) is 0 Å². The summed E-state index contributed by atoms with van der Waals surface area (Å²) in [6.07, 6.45) is 0.130. The first-order chi connectivity index (χ1) is 12.1. The summed E-state index contributed by atoms with van der Waals surface area (Å²) in [5.74, 6) is -0.226. The second kappa shape index (κ2) is 8.07. The quantitative estimate of drug-likeness (QED) is 0.670. The number of hydrogen-bond donors (Lipinski definition) is 3. The third-order valence-corrected chi connectivity index (χ3v) is 5.16. The van der Waals surface area contributed by atoms with Crippen LogP contribution in [0.1, 0.15) is 19.4 Å². The molecule has 0 aliphatic heterocycles. The number of rotatable bonds is 7. The van der Waals surface area contributed by atoms with E-state index in [4.69, 9.17) is 11.6 Å². The Hall–Kier alpha value is -2.09. The van der Waals surface area contributed by atoms with Crippen molar-refractivity contribution in [3.63, 3.8) is 0 Å². The summed E-state index contributed by atoms with van der Waals surface area (Å²) < 4.78 is 27.2. The van der Waals surface area contributed by atoms with Crippen LogP contribution in [-0.2, 0) is 21.2 Å². The van der Waals surface area contributed by atoms with Crippen LogP contribution in [0.4, 0.5) is 5.69 Å². The van der Waals surface area contributed by atoms with Gasteiger partial charge in [-0.15, -0.1) is 0 Å². The van der Waals surface area contributed by atoms with Crippen LogP contribution in [0.25, 0.3) is 0 Å². The molecule has 0 radical (unpaired) electrons. The third kappa shape index (κ3) is 5.72. The van der Waals surface area contributed by atoms with E-state index < -0.39 is 15.6 Å². The molecule has 140 valence electrons. The average Bonchev–Trinajstić information content (AvgIpc) is 2.56. The van der Waals surface area contributed by atoms with Crippen molar-refractivity contribution < 1.29 is 18.3 Å². The van der Waals surface area contributed by atoms with Crippen LogP contribution in [0.15, 0.2) is 53.4 Å². The Morgan fingerprint density at radius 2 is 1.81 bits per heavy atom. The molecule has 0 aliphatic carbocycles. The molecule has 2 rings (SSSR count). The van der Waals surface area contributed by atoms with Gasteiger partial charge in [-0.3, -0.25) is 9.52 Å². The predicted molar refractivity (Wildman–Crippen MR) is 102 cm³/mol. The highest BCUT2D eigenvalue weighted by Crippen LogP contribution is 2.19. The zero-order valence-electron chi connectivity index (χ0n) is 14.5. The third-order valence-electron chi connectivity index (χ3n) is 3.55. The highest BCUT2D eigenvalue weighted by molar-refractivity contribution is 7.92. The molecule has 0 aromatic heterocycles. The van der Waals surface area contributed by atoms with E-state index in [2.05, 4.69) is 10.0 Å². The topological polar surface area (TPSA) is 95.5 Å². The average molecular weight is 397 g/mol. The zero-order valence-corrected chi connectivity index (χ0v) is 16.1. The summed E-state index contributed by atoms with van der Waals surface area (Å²) in [5, 5.41) is 12.2. The normalized spacial score (nSPS) is 11.8. The van der Waals surface area contributed by atoms with Gasteiger partial charge in [-0.1, -0.05) is 29.8 Å². The van der Waals surface area contributed by atoms with Gasteiger partial charge in [-0.05, 0) is 49.7 Å². The summed E-state index contributed by atoms with van der Waals surface area (Å²) in [4.78, 5) is 12.0. The number of benzene rings is 2. The highest BCUT2D eigenvalue weighted by atomic mass is 35.5. The van der Waals surface area contributed by atoms with Crippen molar-refractivity contribution >= 4 is 33.2 Å². The smallest absolute Gasteiger partial charge is 0.261 e. The molecule has 2 aromatic rings. The minimum absolute atomic E-state index is 0.0692. The van der Waals surface area contributed by atoms with Gasteiger partial charge < -0.3 is 10.4 Å². The van der Waals surface area contributed by atoms with Gasteiger partial charge in [0.15, 0.2) is 0 Å². The fraction of sp³-hybridized carbons (Fsp3) is 0.278. The number of sulfonamides is 1. The Morgan fingerprint density at radius 1 is 1.15 bits per heavy atom. The maximum atomic E-state index is 12.3. The number of carbonyl (C=O) groups is 1. The van der Waals surface area contributed by atoms with Gasteiger partial charge in [-0.2, -0.15) is 0 Å². The second-order valence-electron chi connectivity index (χ2n) is 6.53. The van der Waals surface area contributed by atoms with Gasteiger partial charge >= 0.3 is 0 Å². The molecule has 2 aromatic carbocycles. The molecule has 0 spiro atoms. The zero-order chi connectivity index (χ0) is 19.4. The van der Waals surface area contributed by atoms with E-state index in [9.17, 15) is 18.3 Å². The lowest BCUT2D eigenvalue weighted by atomic mass is 10.1. The molecule has 0 heterocycles. The summed E-state index contributed by atoms with van der Waals surface area (Å²) in [6, 6.07) is 12.5. The molecular weight excluding hydrogens is 376 g/mol. The van der Waals surface area contributed by atoms with Gasteiger partial charge in [0.1, 0.15) is 0 Å². The van der Waals surface area contributed by atoms with Crippen LogP contribution in [0.5, 0.6) is 0 Å². The highest BCUT2D eigenvalue weighted by Gasteiger charge is 2.19. The summed E-state index contributed by atoms with van der Waals surface area (Å²) in [6.45, 7) is 3.28. The molecule has 0 fully saturated rings. The molecule has 1 amide bonds. The summed E-state index contributed by atoms with van der Waals surface area (Å²) in [5.41, 5.74) is 0.413. The van der Waals surface area contributed by atoms with Crippen molar-refractivity contribution in [2.45, 2.75) is 30.7 Å². The molecular formula is C18H21ClN2O4S. The monoisotopic (exact) mass is 396 g/mol. The molecule has 0 bridgehead atoms. The molecule has 0 aliphatic rings. The number of aliphatic hydroxyl groups excluding tert-OH is 1. The molecule has 26 heavy (non-hydrogen) atoms. The van der Waals surface area contributed by atoms with Crippen molar-refractivity contribution in [3.8, 4) is 0 Å². The Balaban J connectivity index is 2.04. The van der Waals surface area contributed by atoms with Crippen molar-refractivity contribution in [2.24, 2.45) is 0 Å². The molecule has 6 nitrogen and oxygen atoms in total. The van der Waals surface area contributed by atoms with Gasteiger partial charge in [0.05, 0.1) is 23.5 Å².